The molecule has 1 fully saturated rings. The molecule has 0 aliphatic carbocycles. The zero-order valence-corrected chi connectivity index (χ0v) is 14.5. The molecule has 1 amide bonds. The molecular formula is C15H24N4O3S. The van der Waals surface area contributed by atoms with Crippen molar-refractivity contribution in [3.05, 3.63) is 0 Å². The van der Waals surface area contributed by atoms with Crippen LogP contribution in [0.1, 0.15) is 46.0 Å². The maximum atomic E-state index is 12.3. The number of nitrogens with one attached hydrogen (secondary N) is 1. The number of carbonyl (C=O) groups excluding carboxylic acids is 1. The number of hydrogen-bond donors (Lipinski definition) is 1. The topological polar surface area (TPSA) is 91.2 Å². The number of nitrogens with zero attached hydrogens (tertiary/aromatic N) is 3. The van der Waals surface area contributed by atoms with Gasteiger partial charge in [0.1, 0.15) is 0 Å². The molecule has 1 atom stereocenters. The van der Waals surface area contributed by atoms with Crippen LogP contribution in [-0.2, 0) is 14.8 Å². The van der Waals surface area contributed by atoms with Crippen LogP contribution in [0.15, 0.2) is 10.2 Å². The normalized spacial score (nSPS) is 22.3. The summed E-state index contributed by atoms with van der Waals surface area (Å²) >= 11 is 0. The van der Waals surface area contributed by atoms with Crippen LogP contribution in [0.2, 0.25) is 0 Å². The van der Waals surface area contributed by atoms with E-state index in [1.165, 1.54) is 0 Å². The van der Waals surface area contributed by atoms with E-state index in [0.29, 0.717) is 38.6 Å². The fraction of sp³-hybridized carbons (Fsp3) is 0.800. The average Bonchev–Trinajstić information content (AvgIpc) is 3.04. The summed E-state index contributed by atoms with van der Waals surface area (Å²) < 4.78 is 26.9. The van der Waals surface area contributed by atoms with Crippen molar-refractivity contribution >= 4 is 15.9 Å². The molecule has 0 aromatic heterocycles. The molecule has 8 heteroatoms. The van der Waals surface area contributed by atoms with Crippen LogP contribution in [-0.4, -0.2) is 49.3 Å². The molecule has 1 unspecified atom stereocenters. The van der Waals surface area contributed by atoms with E-state index in [4.69, 9.17) is 6.42 Å². The molecule has 0 saturated carbocycles. The first-order chi connectivity index (χ1) is 10.8. The van der Waals surface area contributed by atoms with Crippen molar-refractivity contribution in [1.82, 2.24) is 9.62 Å². The predicted molar refractivity (Wildman–Crippen MR) is 87.1 cm³/mol. The molecule has 0 spiro atoms. The lowest BCUT2D eigenvalue weighted by Gasteiger charge is -2.18. The van der Waals surface area contributed by atoms with E-state index in [2.05, 4.69) is 20.9 Å². The zero-order chi connectivity index (χ0) is 17.1. The third-order valence-electron chi connectivity index (χ3n) is 4.13. The minimum Gasteiger partial charge on any atom is -0.341 e. The number of likely N-dealkylation sites (tertiary alicyclic amines) is 1. The molecule has 2 heterocycles. The Morgan fingerprint density at radius 3 is 2.70 bits per heavy atom. The molecule has 2 rings (SSSR count). The SMILES string of the molecule is C#CCCC1(CCC(=O)N2CCC(S(=O)(=O)NC(C)C)C2)N=N1. The average molecular weight is 340 g/mol. The summed E-state index contributed by atoms with van der Waals surface area (Å²) in [6, 6.07) is -0.140. The van der Waals surface area contributed by atoms with Crippen molar-refractivity contribution in [1.29, 1.82) is 0 Å². The van der Waals surface area contributed by atoms with Crippen molar-refractivity contribution < 1.29 is 13.2 Å². The molecule has 2 aliphatic heterocycles. The lowest BCUT2D eigenvalue weighted by Crippen LogP contribution is -2.40. The molecule has 7 nitrogen and oxygen atoms in total. The summed E-state index contributed by atoms with van der Waals surface area (Å²) in [4.78, 5) is 13.9. The number of terminal acetylenes is 1. The monoisotopic (exact) mass is 340 g/mol. The lowest BCUT2D eigenvalue weighted by atomic mass is 10.0. The Balaban J connectivity index is 1.80. The summed E-state index contributed by atoms with van der Waals surface area (Å²) in [5.41, 5.74) is -0.466. The quantitative estimate of drug-likeness (QED) is 0.675. The fourth-order valence-corrected chi connectivity index (χ4v) is 4.41. The molecule has 1 N–H and O–H groups in total. The summed E-state index contributed by atoms with van der Waals surface area (Å²) in [7, 11) is -3.37. The maximum Gasteiger partial charge on any atom is 0.222 e. The third-order valence-corrected chi connectivity index (χ3v) is 6.19. The molecule has 0 bridgehead atoms. The van der Waals surface area contributed by atoms with Gasteiger partial charge in [-0.1, -0.05) is 0 Å². The van der Waals surface area contributed by atoms with Crippen LogP contribution < -0.4 is 4.72 Å². The van der Waals surface area contributed by atoms with Gasteiger partial charge in [0.15, 0.2) is 5.66 Å². The van der Waals surface area contributed by atoms with E-state index < -0.39 is 20.9 Å². The van der Waals surface area contributed by atoms with E-state index in [-0.39, 0.29) is 18.5 Å². The first-order valence-electron chi connectivity index (χ1n) is 7.94. The van der Waals surface area contributed by atoms with Gasteiger partial charge in [-0.25, -0.2) is 13.1 Å². The minimum absolute atomic E-state index is 0.0374. The summed E-state index contributed by atoms with van der Waals surface area (Å²) in [5, 5.41) is 7.49. The zero-order valence-electron chi connectivity index (χ0n) is 13.7. The predicted octanol–water partition coefficient (Wildman–Crippen LogP) is 1.27. The second-order valence-electron chi connectivity index (χ2n) is 6.45. The Hall–Kier alpha value is -1.46. The Morgan fingerprint density at radius 2 is 2.13 bits per heavy atom. The maximum absolute atomic E-state index is 12.3. The molecule has 128 valence electrons. The summed E-state index contributed by atoms with van der Waals surface area (Å²) in [6.07, 6.45) is 7.85. The van der Waals surface area contributed by atoms with Crippen molar-refractivity contribution in [3.8, 4) is 12.3 Å². The molecule has 0 aromatic rings. The number of carbonyl (C=O) groups is 1. The molecule has 2 aliphatic rings. The van der Waals surface area contributed by atoms with E-state index in [9.17, 15) is 13.2 Å². The van der Waals surface area contributed by atoms with E-state index in [0.717, 1.165) is 0 Å². The van der Waals surface area contributed by atoms with Gasteiger partial charge in [0.25, 0.3) is 0 Å². The standard InChI is InChI=1S/C15H24N4O3S/c1-4-5-8-15(17-18-15)9-6-14(20)19-10-7-13(11-19)23(21,22)16-12(2)3/h1,12-13,16H,5-11H2,2-3H3. The largest absolute Gasteiger partial charge is 0.341 e. The third kappa shape index (κ3) is 4.75. The van der Waals surface area contributed by atoms with Gasteiger partial charge in [-0.05, 0) is 20.3 Å². The van der Waals surface area contributed by atoms with Gasteiger partial charge in [0, 0.05) is 44.8 Å². The van der Waals surface area contributed by atoms with Gasteiger partial charge in [-0.3, -0.25) is 4.79 Å². The first-order valence-corrected chi connectivity index (χ1v) is 9.49. The number of sulfonamides is 1. The molecule has 1 saturated heterocycles. The Bertz CT molecular complexity index is 615. The molecule has 23 heavy (non-hydrogen) atoms. The highest BCUT2D eigenvalue weighted by Gasteiger charge is 2.41. The lowest BCUT2D eigenvalue weighted by molar-refractivity contribution is -0.130. The summed E-state index contributed by atoms with van der Waals surface area (Å²) in [6.45, 7) is 4.31. The highest BCUT2D eigenvalue weighted by atomic mass is 32.2. The first kappa shape index (κ1) is 17.9. The smallest absolute Gasteiger partial charge is 0.222 e. The van der Waals surface area contributed by atoms with Gasteiger partial charge in [0.2, 0.25) is 15.9 Å². The van der Waals surface area contributed by atoms with E-state index in [1.807, 2.05) is 0 Å². The van der Waals surface area contributed by atoms with Crippen molar-refractivity contribution in [3.63, 3.8) is 0 Å². The second kappa shape index (κ2) is 6.97. The molecule has 0 radical (unpaired) electrons. The fourth-order valence-electron chi connectivity index (χ4n) is 2.77. The van der Waals surface area contributed by atoms with Crippen molar-refractivity contribution in [2.75, 3.05) is 13.1 Å². The summed E-state index contributed by atoms with van der Waals surface area (Å²) in [5.74, 6) is 2.52. The molecule has 0 aromatic carbocycles. The van der Waals surface area contributed by atoms with Crippen LogP contribution in [0.4, 0.5) is 0 Å². The van der Waals surface area contributed by atoms with E-state index >= 15 is 0 Å². The second-order valence-corrected chi connectivity index (χ2v) is 8.45. The highest BCUT2D eigenvalue weighted by molar-refractivity contribution is 7.90. The van der Waals surface area contributed by atoms with Gasteiger partial charge in [-0.2, -0.15) is 10.2 Å². The van der Waals surface area contributed by atoms with Gasteiger partial charge in [0.05, 0.1) is 5.25 Å². The van der Waals surface area contributed by atoms with Crippen LogP contribution >= 0.6 is 0 Å². The van der Waals surface area contributed by atoms with Crippen molar-refractivity contribution in [2.45, 2.75) is 62.9 Å². The Morgan fingerprint density at radius 1 is 1.43 bits per heavy atom. The van der Waals surface area contributed by atoms with Gasteiger partial charge < -0.3 is 4.90 Å². The molecular weight excluding hydrogens is 316 g/mol. The van der Waals surface area contributed by atoms with Crippen LogP contribution in [0.25, 0.3) is 0 Å². The van der Waals surface area contributed by atoms with Crippen molar-refractivity contribution in [2.24, 2.45) is 10.2 Å². The highest BCUT2D eigenvalue weighted by Crippen LogP contribution is 2.37. The minimum atomic E-state index is -3.37. The van der Waals surface area contributed by atoms with Crippen LogP contribution in [0, 0.1) is 12.3 Å². The Kier molecular flexibility index (Phi) is 5.42. The van der Waals surface area contributed by atoms with Crippen LogP contribution in [0.5, 0.6) is 0 Å². The van der Waals surface area contributed by atoms with Gasteiger partial charge >= 0.3 is 0 Å². The number of hydrogen-bond acceptors (Lipinski definition) is 5. The Labute approximate surface area is 138 Å². The van der Waals surface area contributed by atoms with Gasteiger partial charge in [-0.15, -0.1) is 12.3 Å². The number of amides is 1. The number of rotatable bonds is 8. The van der Waals surface area contributed by atoms with E-state index in [1.54, 1.807) is 18.7 Å². The van der Waals surface area contributed by atoms with Crippen LogP contribution in [0.3, 0.4) is 0 Å².